The van der Waals surface area contributed by atoms with Gasteiger partial charge in [0.05, 0.1) is 0 Å². The summed E-state index contributed by atoms with van der Waals surface area (Å²) < 4.78 is 24.7. The van der Waals surface area contributed by atoms with Crippen molar-refractivity contribution >= 4 is 57.7 Å². The van der Waals surface area contributed by atoms with Crippen molar-refractivity contribution in [2.75, 3.05) is 5.32 Å². The number of hydrogen-bond acceptors (Lipinski definition) is 5. The smallest absolute Gasteiger partial charge is 0.250 e. The number of carbonyl (C=O) groups is 1. The Morgan fingerprint density at radius 3 is 2.57 bits per heavy atom. The van der Waals surface area contributed by atoms with Crippen LogP contribution < -0.4 is 10.6 Å². The molecule has 2 N–H and O–H groups in total. The van der Waals surface area contributed by atoms with Crippen LogP contribution in [0.5, 0.6) is 0 Å². The van der Waals surface area contributed by atoms with Gasteiger partial charge in [-0.3, -0.25) is 10.1 Å². The minimum Gasteiger partial charge on any atom is -0.457 e. The molecule has 0 unspecified atom stereocenters. The molecule has 5 rings (SSSR count). The van der Waals surface area contributed by atoms with E-state index in [4.69, 9.17) is 32.7 Å². The van der Waals surface area contributed by atoms with Crippen molar-refractivity contribution in [3.8, 4) is 22.8 Å². The van der Waals surface area contributed by atoms with Crippen molar-refractivity contribution < 1.29 is 18.0 Å². The van der Waals surface area contributed by atoms with Crippen LogP contribution in [0.15, 0.2) is 87.7 Å². The lowest BCUT2D eigenvalue weighted by Gasteiger charge is -2.07. The van der Waals surface area contributed by atoms with E-state index in [1.54, 1.807) is 42.5 Å². The van der Waals surface area contributed by atoms with Gasteiger partial charge in [0.15, 0.2) is 10.7 Å². The minimum atomic E-state index is -0.421. The molecule has 0 aliphatic carbocycles. The zero-order valence-corrected chi connectivity index (χ0v) is 21.0. The summed E-state index contributed by atoms with van der Waals surface area (Å²) in [5, 5.41) is 6.32. The van der Waals surface area contributed by atoms with E-state index in [1.165, 1.54) is 18.2 Å². The normalized spacial score (nSPS) is 11.2. The van der Waals surface area contributed by atoms with Crippen LogP contribution in [-0.4, -0.2) is 16.0 Å². The minimum absolute atomic E-state index is 0.116. The Balaban J connectivity index is 1.20. The molecular weight excluding hydrogens is 513 g/mol. The molecule has 37 heavy (non-hydrogen) atoms. The number of carbonyl (C=O) groups excluding carboxylic acids is 1. The van der Waals surface area contributed by atoms with E-state index in [9.17, 15) is 9.18 Å². The molecule has 184 valence electrons. The maximum atomic E-state index is 13.2. The molecule has 6 nitrogen and oxygen atoms in total. The summed E-state index contributed by atoms with van der Waals surface area (Å²) in [7, 11) is 0. The fraction of sp³-hybridized carbons (Fsp3) is 0.0357. The number of rotatable bonds is 5. The lowest BCUT2D eigenvalue weighted by Crippen LogP contribution is -2.32. The molecule has 0 aliphatic rings. The van der Waals surface area contributed by atoms with Gasteiger partial charge in [-0.1, -0.05) is 23.7 Å². The van der Waals surface area contributed by atoms with Gasteiger partial charge in [0.25, 0.3) is 0 Å². The van der Waals surface area contributed by atoms with Crippen LogP contribution in [0.2, 0.25) is 5.02 Å². The maximum absolute atomic E-state index is 13.2. The van der Waals surface area contributed by atoms with Gasteiger partial charge in [0.2, 0.25) is 11.8 Å². The Hall–Kier alpha value is -4.27. The predicted octanol–water partition coefficient (Wildman–Crippen LogP) is 7.38. The summed E-state index contributed by atoms with van der Waals surface area (Å²) in [6.07, 6.45) is 2.88. The summed E-state index contributed by atoms with van der Waals surface area (Å²) in [4.78, 5) is 16.8. The van der Waals surface area contributed by atoms with Crippen molar-refractivity contribution in [1.29, 1.82) is 0 Å². The highest BCUT2D eigenvalue weighted by molar-refractivity contribution is 7.80. The second-order valence-electron chi connectivity index (χ2n) is 8.15. The zero-order valence-electron chi connectivity index (χ0n) is 19.4. The number of hydrogen-bond donors (Lipinski definition) is 2. The van der Waals surface area contributed by atoms with Crippen molar-refractivity contribution in [2.45, 2.75) is 6.92 Å². The van der Waals surface area contributed by atoms with Gasteiger partial charge < -0.3 is 14.2 Å². The number of nitrogens with zero attached hydrogens (tertiary/aromatic N) is 1. The van der Waals surface area contributed by atoms with Crippen LogP contribution in [-0.2, 0) is 4.79 Å². The molecule has 0 spiro atoms. The van der Waals surface area contributed by atoms with Crippen LogP contribution in [0.25, 0.3) is 40.0 Å². The highest BCUT2D eigenvalue weighted by atomic mass is 35.5. The third-order valence-electron chi connectivity index (χ3n) is 5.46. The number of amides is 1. The number of aromatic nitrogens is 1. The molecule has 2 heterocycles. The number of anilines is 1. The zero-order chi connectivity index (χ0) is 25.9. The largest absolute Gasteiger partial charge is 0.457 e. The van der Waals surface area contributed by atoms with Gasteiger partial charge in [-0.25, -0.2) is 9.37 Å². The number of furan rings is 1. The van der Waals surface area contributed by atoms with Crippen LogP contribution in [0.3, 0.4) is 0 Å². The highest BCUT2D eigenvalue weighted by Crippen LogP contribution is 2.28. The Bertz CT molecular complexity index is 1660. The summed E-state index contributed by atoms with van der Waals surface area (Å²) in [6.45, 7) is 1.93. The van der Waals surface area contributed by atoms with Gasteiger partial charge in [-0.2, -0.15) is 0 Å². The van der Waals surface area contributed by atoms with E-state index in [-0.39, 0.29) is 10.9 Å². The average molecular weight is 532 g/mol. The predicted molar refractivity (Wildman–Crippen MR) is 147 cm³/mol. The van der Waals surface area contributed by atoms with E-state index in [1.807, 2.05) is 31.2 Å². The van der Waals surface area contributed by atoms with Crippen molar-refractivity contribution in [3.63, 3.8) is 0 Å². The van der Waals surface area contributed by atoms with Crippen LogP contribution in [0, 0.1) is 12.7 Å². The van der Waals surface area contributed by atoms with Gasteiger partial charge in [-0.15, -0.1) is 0 Å². The summed E-state index contributed by atoms with van der Waals surface area (Å²) in [5.41, 5.74) is 4.25. The first kappa shape index (κ1) is 24.4. The molecule has 9 heteroatoms. The van der Waals surface area contributed by atoms with Crippen LogP contribution >= 0.6 is 23.8 Å². The van der Waals surface area contributed by atoms with E-state index < -0.39 is 5.91 Å². The quantitative estimate of drug-likeness (QED) is 0.182. The first-order valence-electron chi connectivity index (χ1n) is 11.2. The number of nitrogens with one attached hydrogen (secondary N) is 2. The van der Waals surface area contributed by atoms with E-state index >= 15 is 0 Å². The Morgan fingerprint density at radius 1 is 1.00 bits per heavy atom. The molecule has 0 aliphatic heterocycles. The summed E-state index contributed by atoms with van der Waals surface area (Å²) in [6, 6.07) is 20.3. The Kier molecular flexibility index (Phi) is 6.85. The van der Waals surface area contributed by atoms with Gasteiger partial charge in [-0.05, 0) is 91.4 Å². The van der Waals surface area contributed by atoms with E-state index in [0.717, 1.165) is 11.1 Å². The molecule has 0 saturated carbocycles. The number of thiocarbonyl (C=S) groups is 1. The average Bonchev–Trinajstić information content (AvgIpc) is 3.52. The van der Waals surface area contributed by atoms with Crippen molar-refractivity contribution in [1.82, 2.24) is 10.3 Å². The number of aryl methyl sites for hydroxylation is 1. The van der Waals surface area contributed by atoms with Crippen molar-refractivity contribution in [3.05, 3.63) is 101 Å². The van der Waals surface area contributed by atoms with Crippen LogP contribution in [0.1, 0.15) is 11.3 Å². The summed E-state index contributed by atoms with van der Waals surface area (Å²) in [5.74, 6) is 0.770. The first-order valence-corrected chi connectivity index (χ1v) is 12.0. The number of benzene rings is 3. The Labute approximate surface area is 221 Å². The molecule has 3 aromatic carbocycles. The van der Waals surface area contributed by atoms with E-state index in [2.05, 4.69) is 15.6 Å². The first-order chi connectivity index (χ1) is 17.8. The molecule has 0 fully saturated rings. The molecule has 0 saturated heterocycles. The van der Waals surface area contributed by atoms with Gasteiger partial charge >= 0.3 is 0 Å². The van der Waals surface area contributed by atoms with Crippen LogP contribution in [0.4, 0.5) is 10.1 Å². The maximum Gasteiger partial charge on any atom is 0.250 e. The molecule has 0 bridgehead atoms. The molecule has 2 aromatic heterocycles. The lowest BCUT2D eigenvalue weighted by molar-refractivity contribution is -0.115. The number of fused-ring (bicyclic) bond motifs is 1. The molecule has 0 radical (unpaired) electrons. The van der Waals surface area contributed by atoms with Gasteiger partial charge in [0.1, 0.15) is 22.9 Å². The fourth-order valence-corrected chi connectivity index (χ4v) is 3.94. The second kappa shape index (κ2) is 10.4. The third kappa shape index (κ3) is 5.77. The van der Waals surface area contributed by atoms with Gasteiger partial charge in [0, 0.05) is 27.9 Å². The fourth-order valence-electron chi connectivity index (χ4n) is 3.54. The second-order valence-corrected chi connectivity index (χ2v) is 8.97. The highest BCUT2D eigenvalue weighted by Gasteiger charge is 2.10. The monoisotopic (exact) mass is 531 g/mol. The molecule has 1 amide bonds. The molecule has 5 aromatic rings. The topological polar surface area (TPSA) is 80.3 Å². The SMILES string of the molecule is Cc1ccc(-c2ccc(/C=C/C(=O)NC(=S)Nc3ccc4oc(-c5ccc(F)cc5)nc4c3)o2)cc1Cl. The molecule has 0 atom stereocenters. The number of oxazole rings is 1. The Morgan fingerprint density at radius 2 is 1.78 bits per heavy atom. The lowest BCUT2D eigenvalue weighted by atomic mass is 10.1. The summed E-state index contributed by atoms with van der Waals surface area (Å²) >= 11 is 11.5. The number of halogens is 2. The molecular formula is C28H19ClFN3O3S. The van der Waals surface area contributed by atoms with Crippen molar-refractivity contribution in [2.24, 2.45) is 0 Å². The van der Waals surface area contributed by atoms with E-state index in [0.29, 0.717) is 44.8 Å². The third-order valence-corrected chi connectivity index (χ3v) is 6.07. The standard InChI is InChI=1S/C28H19ClFN3O3S/c1-16-2-3-18(14-22(16)29)24-12-9-21(35-24)10-13-26(34)33-28(37)31-20-8-11-25-23(15-20)32-27(36-25)17-4-6-19(30)7-5-17/h2-15H,1H3,(H2,31,33,34,37)/b13-10+.